The summed E-state index contributed by atoms with van der Waals surface area (Å²) >= 11 is 0. The zero-order chi connectivity index (χ0) is 59.2. The maximum Gasteiger partial charge on any atom is 0.306 e. The average molecular weight is 1140 g/mol. The molecule has 0 amide bonds. The number of esters is 3. The van der Waals surface area contributed by atoms with Gasteiger partial charge in [-0.05, 0) is 96.3 Å². The van der Waals surface area contributed by atoms with Crippen molar-refractivity contribution in [2.24, 2.45) is 0 Å². The molecule has 0 aromatic heterocycles. The van der Waals surface area contributed by atoms with Gasteiger partial charge in [-0.15, -0.1) is 0 Å². The molecule has 0 heterocycles. The minimum Gasteiger partial charge on any atom is -0.462 e. The molecule has 6 nitrogen and oxygen atoms in total. The van der Waals surface area contributed by atoms with Crippen molar-refractivity contribution in [3.05, 3.63) is 122 Å². The highest BCUT2D eigenvalue weighted by Crippen LogP contribution is 2.17. The molecule has 0 aliphatic carbocycles. The van der Waals surface area contributed by atoms with Crippen LogP contribution in [-0.2, 0) is 28.6 Å². The zero-order valence-electron chi connectivity index (χ0n) is 53.7. The van der Waals surface area contributed by atoms with Crippen LogP contribution in [0.15, 0.2) is 122 Å². The molecule has 0 aromatic carbocycles. The maximum absolute atomic E-state index is 12.9. The van der Waals surface area contributed by atoms with Gasteiger partial charge < -0.3 is 14.2 Å². The Morgan fingerprint density at radius 3 is 0.744 bits per heavy atom. The Morgan fingerprint density at radius 2 is 0.476 bits per heavy atom. The van der Waals surface area contributed by atoms with E-state index >= 15 is 0 Å². The van der Waals surface area contributed by atoms with Gasteiger partial charge in [0, 0.05) is 19.3 Å². The summed E-state index contributed by atoms with van der Waals surface area (Å²) in [5, 5.41) is 0. The van der Waals surface area contributed by atoms with Crippen LogP contribution in [0.2, 0.25) is 0 Å². The highest BCUT2D eigenvalue weighted by Gasteiger charge is 2.19. The molecule has 82 heavy (non-hydrogen) atoms. The summed E-state index contributed by atoms with van der Waals surface area (Å²) < 4.78 is 16.9. The van der Waals surface area contributed by atoms with Crippen molar-refractivity contribution in [3.8, 4) is 0 Å². The van der Waals surface area contributed by atoms with Crippen molar-refractivity contribution >= 4 is 17.9 Å². The Balaban J connectivity index is 4.20. The Morgan fingerprint density at radius 1 is 0.256 bits per heavy atom. The van der Waals surface area contributed by atoms with Crippen LogP contribution in [0.1, 0.15) is 323 Å². The van der Waals surface area contributed by atoms with E-state index in [1.165, 1.54) is 148 Å². The van der Waals surface area contributed by atoms with E-state index in [9.17, 15) is 14.4 Å². The second-order valence-corrected chi connectivity index (χ2v) is 22.7. The topological polar surface area (TPSA) is 78.9 Å². The first-order valence-electron chi connectivity index (χ1n) is 34.5. The van der Waals surface area contributed by atoms with E-state index in [1.807, 2.05) is 0 Å². The van der Waals surface area contributed by atoms with Gasteiger partial charge in [-0.3, -0.25) is 14.4 Å². The molecule has 0 rings (SSSR count). The second-order valence-electron chi connectivity index (χ2n) is 22.7. The van der Waals surface area contributed by atoms with Gasteiger partial charge in [0.2, 0.25) is 0 Å². The molecule has 0 bridgehead atoms. The summed E-state index contributed by atoms with van der Waals surface area (Å²) in [6, 6.07) is 0. The zero-order valence-corrected chi connectivity index (χ0v) is 53.7. The quantitative estimate of drug-likeness (QED) is 0.0261. The summed E-state index contributed by atoms with van der Waals surface area (Å²) in [6.45, 7) is 6.51. The fraction of sp³-hybridized carbons (Fsp3) is 0.697. The molecule has 1 unspecified atom stereocenters. The standard InChI is InChI=1S/C76H128O6/c1-4-7-10-13-16-19-21-23-25-27-29-31-32-33-34-35-36-37-38-39-40-41-42-43-44-46-47-49-51-53-55-57-60-63-66-69-75(78)81-72-73(71-80-74(77)68-65-62-59-18-15-12-9-6-3)82-76(79)70-67-64-61-58-56-54-52-50-48-45-30-28-26-24-22-20-17-14-11-8-5-2/h7,10,16,19,23,25,29,31,33-34,36-37,39-40,42-43,46-47,51,53,73H,4-6,8-9,11-15,17-18,20-22,24,26-28,30,32,35,38,41,44-45,48-50,52,54-72H2,1-3H3/b10-7-,19-16-,25-23-,31-29-,34-33-,37-36-,40-39-,43-42-,47-46-,53-51-. The number of unbranched alkanes of at least 4 members (excludes halogenated alkanes) is 31. The van der Waals surface area contributed by atoms with Crippen molar-refractivity contribution < 1.29 is 28.6 Å². The lowest BCUT2D eigenvalue weighted by molar-refractivity contribution is -0.167. The molecular formula is C76H128O6. The Labute approximate surface area is 507 Å². The third kappa shape index (κ3) is 66.6. The number of allylic oxidation sites excluding steroid dienone is 20. The Bertz CT molecular complexity index is 1690. The van der Waals surface area contributed by atoms with E-state index in [1.54, 1.807) is 0 Å². The minimum absolute atomic E-state index is 0.0837. The monoisotopic (exact) mass is 1140 g/mol. The fourth-order valence-electron chi connectivity index (χ4n) is 9.59. The first-order valence-corrected chi connectivity index (χ1v) is 34.5. The summed E-state index contributed by atoms with van der Waals surface area (Å²) in [4.78, 5) is 38.2. The van der Waals surface area contributed by atoms with Crippen molar-refractivity contribution in [2.45, 2.75) is 329 Å². The fourth-order valence-corrected chi connectivity index (χ4v) is 9.59. The summed E-state index contributed by atoms with van der Waals surface area (Å²) in [6.07, 6.45) is 96.7. The molecule has 0 fully saturated rings. The molecule has 0 radical (unpaired) electrons. The number of hydrogen-bond acceptors (Lipinski definition) is 6. The van der Waals surface area contributed by atoms with Crippen LogP contribution in [0.4, 0.5) is 0 Å². The van der Waals surface area contributed by atoms with Crippen molar-refractivity contribution in [1.82, 2.24) is 0 Å². The van der Waals surface area contributed by atoms with E-state index in [2.05, 4.69) is 142 Å². The van der Waals surface area contributed by atoms with Crippen LogP contribution in [0.5, 0.6) is 0 Å². The number of hydrogen-bond donors (Lipinski definition) is 0. The number of rotatable bonds is 62. The molecule has 0 saturated carbocycles. The number of ether oxygens (including phenoxy) is 3. The normalized spacial score (nSPS) is 12.9. The molecule has 0 saturated heterocycles. The van der Waals surface area contributed by atoms with Gasteiger partial charge >= 0.3 is 17.9 Å². The van der Waals surface area contributed by atoms with Crippen molar-refractivity contribution in [2.75, 3.05) is 13.2 Å². The predicted octanol–water partition coefficient (Wildman–Crippen LogP) is 23.9. The molecule has 1 atom stereocenters. The lowest BCUT2D eigenvalue weighted by Crippen LogP contribution is -2.30. The van der Waals surface area contributed by atoms with Crippen molar-refractivity contribution in [1.29, 1.82) is 0 Å². The van der Waals surface area contributed by atoms with E-state index in [0.717, 1.165) is 135 Å². The van der Waals surface area contributed by atoms with Crippen molar-refractivity contribution in [3.63, 3.8) is 0 Å². The SMILES string of the molecule is CC/C=C\C/C=C\C/C=C\C/C=C\C/C=C\C/C=C\C/C=C\C/C=C\C/C=C\C/C=C\CCCCCCC(=O)OCC(COC(=O)CCCCCCCCCC)OC(=O)CCCCCCCCCCCCCCCCCCCCCCC. The van der Waals surface area contributed by atoms with Gasteiger partial charge in [-0.1, -0.05) is 328 Å². The third-order valence-corrected chi connectivity index (χ3v) is 14.7. The minimum atomic E-state index is -0.787. The van der Waals surface area contributed by atoms with Gasteiger partial charge in [-0.2, -0.15) is 0 Å². The molecule has 0 aliphatic rings. The van der Waals surface area contributed by atoms with Gasteiger partial charge in [0.05, 0.1) is 0 Å². The largest absolute Gasteiger partial charge is 0.462 e. The maximum atomic E-state index is 12.9. The van der Waals surface area contributed by atoms with Gasteiger partial charge in [-0.25, -0.2) is 0 Å². The first-order chi connectivity index (χ1) is 40.5. The first kappa shape index (κ1) is 77.8. The van der Waals surface area contributed by atoms with Crippen LogP contribution < -0.4 is 0 Å². The molecule has 6 heteroatoms. The third-order valence-electron chi connectivity index (χ3n) is 14.7. The molecule has 0 N–H and O–H groups in total. The highest BCUT2D eigenvalue weighted by atomic mass is 16.6. The lowest BCUT2D eigenvalue weighted by atomic mass is 10.0. The second kappa shape index (κ2) is 69.3. The highest BCUT2D eigenvalue weighted by molar-refractivity contribution is 5.71. The molecule has 0 spiro atoms. The van der Waals surface area contributed by atoms with E-state index < -0.39 is 6.10 Å². The van der Waals surface area contributed by atoms with E-state index in [-0.39, 0.29) is 31.1 Å². The van der Waals surface area contributed by atoms with Gasteiger partial charge in [0.15, 0.2) is 6.10 Å². The van der Waals surface area contributed by atoms with Gasteiger partial charge in [0.1, 0.15) is 13.2 Å². The summed E-state index contributed by atoms with van der Waals surface area (Å²) in [5.74, 6) is -0.904. The van der Waals surface area contributed by atoms with Crippen LogP contribution in [-0.4, -0.2) is 37.2 Å². The smallest absolute Gasteiger partial charge is 0.306 e. The summed E-state index contributed by atoms with van der Waals surface area (Å²) in [7, 11) is 0. The molecule has 0 aliphatic heterocycles. The number of carbonyl (C=O) groups is 3. The van der Waals surface area contributed by atoms with E-state index in [4.69, 9.17) is 14.2 Å². The molecule has 0 aromatic rings. The number of carbonyl (C=O) groups excluding carboxylic acids is 3. The lowest BCUT2D eigenvalue weighted by Gasteiger charge is -2.18. The van der Waals surface area contributed by atoms with E-state index in [0.29, 0.717) is 19.3 Å². The average Bonchev–Trinajstić information content (AvgIpc) is 3.47. The van der Waals surface area contributed by atoms with Gasteiger partial charge in [0.25, 0.3) is 0 Å². The van der Waals surface area contributed by atoms with Crippen LogP contribution in [0.25, 0.3) is 0 Å². The Hall–Kier alpha value is -4.19. The Kier molecular flexibility index (Phi) is 65.8. The van der Waals surface area contributed by atoms with Crippen LogP contribution in [0, 0.1) is 0 Å². The van der Waals surface area contributed by atoms with Crippen LogP contribution >= 0.6 is 0 Å². The summed E-state index contributed by atoms with van der Waals surface area (Å²) in [5.41, 5.74) is 0. The van der Waals surface area contributed by atoms with Crippen LogP contribution in [0.3, 0.4) is 0 Å². The molecule has 468 valence electrons. The predicted molar refractivity (Wildman–Crippen MR) is 357 cm³/mol. The molecular weight excluding hydrogens is 1010 g/mol.